The third-order valence-electron chi connectivity index (χ3n) is 5.17. The summed E-state index contributed by atoms with van der Waals surface area (Å²) >= 11 is 0. The van der Waals surface area contributed by atoms with Crippen molar-refractivity contribution in [3.63, 3.8) is 0 Å². The van der Waals surface area contributed by atoms with E-state index in [1.165, 1.54) is 89.9 Å². The van der Waals surface area contributed by atoms with Crippen LogP contribution in [-0.4, -0.2) is 13.2 Å². The van der Waals surface area contributed by atoms with E-state index in [4.69, 9.17) is 4.74 Å². The van der Waals surface area contributed by atoms with Crippen molar-refractivity contribution in [2.75, 3.05) is 13.2 Å². The van der Waals surface area contributed by atoms with Crippen LogP contribution in [0.2, 0.25) is 0 Å². The second-order valence-corrected chi connectivity index (χ2v) is 7.36. The first-order chi connectivity index (χ1) is 10.3. The zero-order valence-corrected chi connectivity index (χ0v) is 14.9. The van der Waals surface area contributed by atoms with Gasteiger partial charge in [0.15, 0.2) is 0 Å². The van der Waals surface area contributed by atoms with Crippen LogP contribution < -0.4 is 0 Å². The molecule has 1 aliphatic rings. The Hall–Kier alpha value is -0.0400. The van der Waals surface area contributed by atoms with Gasteiger partial charge in [0.1, 0.15) is 0 Å². The lowest BCUT2D eigenvalue weighted by Gasteiger charge is -2.23. The van der Waals surface area contributed by atoms with Crippen molar-refractivity contribution < 1.29 is 4.74 Å². The molecule has 1 rings (SSSR count). The van der Waals surface area contributed by atoms with Gasteiger partial charge >= 0.3 is 0 Å². The number of unbranched alkanes of at least 4 members (excludes halogenated alkanes) is 4. The van der Waals surface area contributed by atoms with Gasteiger partial charge in [-0.05, 0) is 24.7 Å². The Morgan fingerprint density at radius 1 is 0.857 bits per heavy atom. The van der Waals surface area contributed by atoms with Gasteiger partial charge < -0.3 is 4.74 Å². The van der Waals surface area contributed by atoms with Gasteiger partial charge in [0.05, 0.1) is 0 Å². The zero-order chi connectivity index (χ0) is 15.2. The Morgan fingerprint density at radius 2 is 1.57 bits per heavy atom. The van der Waals surface area contributed by atoms with Crippen molar-refractivity contribution in [3.8, 4) is 0 Å². The van der Waals surface area contributed by atoms with Crippen LogP contribution in [0, 0.1) is 11.8 Å². The first kappa shape index (κ1) is 19.0. The van der Waals surface area contributed by atoms with Crippen LogP contribution in [0.25, 0.3) is 0 Å². The molecule has 1 heteroatoms. The van der Waals surface area contributed by atoms with Gasteiger partial charge in [-0.2, -0.15) is 0 Å². The monoisotopic (exact) mass is 296 g/mol. The van der Waals surface area contributed by atoms with Crippen LogP contribution in [0.1, 0.15) is 104 Å². The second kappa shape index (κ2) is 13.6. The van der Waals surface area contributed by atoms with E-state index in [1.807, 2.05) is 0 Å². The van der Waals surface area contributed by atoms with Gasteiger partial charge in [0, 0.05) is 13.2 Å². The van der Waals surface area contributed by atoms with Crippen LogP contribution in [0.5, 0.6) is 0 Å². The highest BCUT2D eigenvalue weighted by molar-refractivity contribution is 4.67. The summed E-state index contributed by atoms with van der Waals surface area (Å²) in [4.78, 5) is 0. The molecule has 0 bridgehead atoms. The van der Waals surface area contributed by atoms with Gasteiger partial charge in [-0.25, -0.2) is 0 Å². The van der Waals surface area contributed by atoms with Crippen LogP contribution >= 0.6 is 0 Å². The lowest BCUT2D eigenvalue weighted by Crippen LogP contribution is -2.08. The number of ether oxygens (including phenoxy) is 1. The minimum absolute atomic E-state index is 0.952. The molecule has 0 heterocycles. The fourth-order valence-electron chi connectivity index (χ4n) is 3.54. The van der Waals surface area contributed by atoms with Crippen molar-refractivity contribution in [1.82, 2.24) is 0 Å². The molecule has 0 saturated heterocycles. The van der Waals surface area contributed by atoms with E-state index in [0.29, 0.717) is 0 Å². The maximum absolute atomic E-state index is 5.61. The highest BCUT2D eigenvalue weighted by Crippen LogP contribution is 2.29. The Morgan fingerprint density at radius 3 is 2.33 bits per heavy atom. The lowest BCUT2D eigenvalue weighted by molar-refractivity contribution is 0.127. The molecule has 126 valence electrons. The van der Waals surface area contributed by atoms with Crippen molar-refractivity contribution in [3.05, 3.63) is 0 Å². The van der Waals surface area contributed by atoms with E-state index < -0.39 is 0 Å². The molecule has 0 spiro atoms. The molecular weight excluding hydrogens is 256 g/mol. The summed E-state index contributed by atoms with van der Waals surface area (Å²) < 4.78 is 5.61. The largest absolute Gasteiger partial charge is 0.381 e. The Kier molecular flexibility index (Phi) is 12.3. The van der Waals surface area contributed by atoms with Gasteiger partial charge in [0.2, 0.25) is 0 Å². The predicted molar refractivity (Wildman–Crippen MR) is 93.8 cm³/mol. The molecule has 1 fully saturated rings. The molecule has 1 saturated carbocycles. The third-order valence-corrected chi connectivity index (χ3v) is 5.17. The van der Waals surface area contributed by atoms with Gasteiger partial charge in [0.25, 0.3) is 0 Å². The molecule has 0 aromatic rings. The Balaban J connectivity index is 1.81. The predicted octanol–water partition coefficient (Wildman–Crippen LogP) is 6.75. The fraction of sp³-hybridized carbons (Fsp3) is 1.00. The summed E-state index contributed by atoms with van der Waals surface area (Å²) in [5, 5.41) is 0. The highest BCUT2D eigenvalue weighted by atomic mass is 16.5. The Labute approximate surface area is 134 Å². The quantitative estimate of drug-likeness (QED) is 0.341. The molecular formula is C20H40O. The topological polar surface area (TPSA) is 9.23 Å². The minimum Gasteiger partial charge on any atom is -0.381 e. The number of hydrogen-bond donors (Lipinski definition) is 0. The molecule has 0 aliphatic heterocycles. The van der Waals surface area contributed by atoms with Gasteiger partial charge in [-0.1, -0.05) is 90.9 Å². The maximum Gasteiger partial charge on any atom is 0.0466 e. The van der Waals surface area contributed by atoms with E-state index in [2.05, 4.69) is 13.8 Å². The molecule has 0 amide bonds. The van der Waals surface area contributed by atoms with E-state index in [9.17, 15) is 0 Å². The van der Waals surface area contributed by atoms with Crippen molar-refractivity contribution in [2.45, 2.75) is 104 Å². The summed E-state index contributed by atoms with van der Waals surface area (Å²) in [5.41, 5.74) is 0. The van der Waals surface area contributed by atoms with Gasteiger partial charge in [-0.15, -0.1) is 0 Å². The molecule has 0 radical (unpaired) electrons. The molecule has 0 aromatic heterocycles. The standard InChI is InChI=1S/C20H40O/c1-3-4-17-21-18-11-6-5-8-12-19(2)15-16-20-13-9-7-10-14-20/h19-20H,3-18H2,1-2H3. The lowest BCUT2D eigenvalue weighted by atomic mass is 9.83. The van der Waals surface area contributed by atoms with Crippen LogP contribution in [0.3, 0.4) is 0 Å². The molecule has 21 heavy (non-hydrogen) atoms. The van der Waals surface area contributed by atoms with E-state index in [0.717, 1.165) is 25.0 Å². The average molecular weight is 297 g/mol. The molecule has 0 N–H and O–H groups in total. The van der Waals surface area contributed by atoms with Crippen LogP contribution in [0.15, 0.2) is 0 Å². The van der Waals surface area contributed by atoms with Crippen molar-refractivity contribution in [2.24, 2.45) is 11.8 Å². The summed E-state index contributed by atoms with van der Waals surface area (Å²) in [7, 11) is 0. The molecule has 1 unspecified atom stereocenters. The first-order valence-corrected chi connectivity index (χ1v) is 9.90. The van der Waals surface area contributed by atoms with E-state index in [-0.39, 0.29) is 0 Å². The fourth-order valence-corrected chi connectivity index (χ4v) is 3.54. The van der Waals surface area contributed by atoms with Gasteiger partial charge in [-0.3, -0.25) is 0 Å². The zero-order valence-electron chi connectivity index (χ0n) is 14.9. The van der Waals surface area contributed by atoms with Crippen molar-refractivity contribution >= 4 is 0 Å². The first-order valence-electron chi connectivity index (χ1n) is 9.90. The summed E-state index contributed by atoms with van der Waals surface area (Å²) in [6.45, 7) is 6.64. The second-order valence-electron chi connectivity index (χ2n) is 7.36. The van der Waals surface area contributed by atoms with Crippen molar-refractivity contribution in [1.29, 1.82) is 0 Å². The Bertz CT molecular complexity index is 208. The SMILES string of the molecule is CCCCOCCCCCCC(C)CCC1CCCCC1. The summed E-state index contributed by atoms with van der Waals surface area (Å²) in [6.07, 6.45) is 19.9. The third kappa shape index (κ3) is 11.2. The highest BCUT2D eigenvalue weighted by Gasteiger charge is 2.14. The summed E-state index contributed by atoms with van der Waals surface area (Å²) in [6, 6.07) is 0. The average Bonchev–Trinajstić information content (AvgIpc) is 2.52. The number of hydrogen-bond acceptors (Lipinski definition) is 1. The normalized spacial score (nSPS) is 18.0. The molecule has 0 aromatic carbocycles. The smallest absolute Gasteiger partial charge is 0.0466 e. The molecule has 1 aliphatic carbocycles. The molecule has 1 nitrogen and oxygen atoms in total. The van der Waals surface area contributed by atoms with E-state index >= 15 is 0 Å². The molecule has 1 atom stereocenters. The van der Waals surface area contributed by atoms with E-state index in [1.54, 1.807) is 0 Å². The number of rotatable bonds is 13. The summed E-state index contributed by atoms with van der Waals surface area (Å²) in [5.74, 6) is 2.02. The van der Waals surface area contributed by atoms with Crippen LogP contribution in [-0.2, 0) is 4.74 Å². The minimum atomic E-state index is 0.952. The van der Waals surface area contributed by atoms with Crippen LogP contribution in [0.4, 0.5) is 0 Å². The maximum atomic E-state index is 5.61.